The molecule has 1 aliphatic carbocycles. The standard InChI is InChI=1S/C24H37N3O8/c28-21(10-13-27-22(29)8-9-23(27)30)25-11-14-32-16-18-34-19-17-33-15-12-26-24(31)35-20-6-4-2-1-3-5-7-20/h1-2,8-9,20H,3-7,10-19H2,(H,25,28)(H,26,31)/b2-1+/t20-/m1/s1. The number of hydrogen-bond donors (Lipinski definition) is 2. The van der Waals surface area contributed by atoms with Gasteiger partial charge in [0.15, 0.2) is 0 Å². The molecule has 0 aromatic carbocycles. The van der Waals surface area contributed by atoms with Crippen molar-refractivity contribution in [2.45, 2.75) is 44.6 Å². The van der Waals surface area contributed by atoms with Crippen molar-refractivity contribution in [3.05, 3.63) is 24.3 Å². The molecule has 2 rings (SSSR count). The van der Waals surface area contributed by atoms with Crippen molar-refractivity contribution in [3.8, 4) is 0 Å². The molecule has 0 saturated carbocycles. The van der Waals surface area contributed by atoms with Crippen molar-refractivity contribution in [1.29, 1.82) is 0 Å². The molecular weight excluding hydrogens is 458 g/mol. The minimum Gasteiger partial charge on any atom is -0.446 e. The van der Waals surface area contributed by atoms with E-state index in [9.17, 15) is 19.2 Å². The summed E-state index contributed by atoms with van der Waals surface area (Å²) in [7, 11) is 0. The Morgan fingerprint density at radius 2 is 1.43 bits per heavy atom. The molecule has 0 unspecified atom stereocenters. The number of carbonyl (C=O) groups excluding carboxylic acids is 4. The van der Waals surface area contributed by atoms with E-state index in [2.05, 4.69) is 22.8 Å². The van der Waals surface area contributed by atoms with Gasteiger partial charge in [-0.2, -0.15) is 0 Å². The Bertz CT molecular complexity index is 722. The molecule has 0 aromatic heterocycles. The topological polar surface area (TPSA) is 132 Å². The zero-order valence-electron chi connectivity index (χ0n) is 20.2. The number of amides is 4. The summed E-state index contributed by atoms with van der Waals surface area (Å²) in [5.41, 5.74) is 0. The van der Waals surface area contributed by atoms with Gasteiger partial charge in [-0.3, -0.25) is 19.3 Å². The second-order valence-corrected chi connectivity index (χ2v) is 8.03. The minimum atomic E-state index is -0.401. The summed E-state index contributed by atoms with van der Waals surface area (Å²) in [6.07, 6.45) is 11.1. The molecule has 0 aromatic rings. The van der Waals surface area contributed by atoms with Crippen molar-refractivity contribution in [1.82, 2.24) is 15.5 Å². The maximum Gasteiger partial charge on any atom is 0.407 e. The minimum absolute atomic E-state index is 0.0239. The van der Waals surface area contributed by atoms with E-state index in [1.54, 1.807) is 0 Å². The Labute approximate surface area is 206 Å². The number of carbonyl (C=O) groups is 4. The van der Waals surface area contributed by atoms with Crippen molar-refractivity contribution >= 4 is 23.8 Å². The Kier molecular flexibility index (Phi) is 14.4. The lowest BCUT2D eigenvalue weighted by atomic mass is 10.0. The second kappa shape index (κ2) is 17.6. The van der Waals surface area contributed by atoms with E-state index in [-0.39, 0.29) is 25.0 Å². The number of rotatable bonds is 16. The Morgan fingerprint density at radius 3 is 2.11 bits per heavy atom. The molecule has 35 heavy (non-hydrogen) atoms. The first kappa shape index (κ1) is 28.5. The largest absolute Gasteiger partial charge is 0.446 e. The molecule has 0 saturated heterocycles. The average Bonchev–Trinajstić information content (AvgIpc) is 3.14. The van der Waals surface area contributed by atoms with Crippen LogP contribution in [0.2, 0.25) is 0 Å². The SMILES string of the molecule is O=C(CCN1C(=O)C=CC1=O)NCCOCCOCCOCCNC(=O)O[C@@H]1CC/C=C/CCC1. The van der Waals surface area contributed by atoms with E-state index in [0.717, 1.165) is 37.0 Å². The van der Waals surface area contributed by atoms with Gasteiger partial charge >= 0.3 is 6.09 Å². The fourth-order valence-electron chi connectivity index (χ4n) is 3.42. The van der Waals surface area contributed by atoms with E-state index < -0.39 is 17.9 Å². The number of nitrogens with one attached hydrogen (secondary N) is 2. The molecule has 4 amide bonds. The fourth-order valence-corrected chi connectivity index (χ4v) is 3.42. The molecule has 11 heteroatoms. The number of nitrogens with zero attached hydrogens (tertiary/aromatic N) is 1. The molecule has 2 aliphatic rings. The zero-order chi connectivity index (χ0) is 25.1. The van der Waals surface area contributed by atoms with Gasteiger partial charge in [-0.25, -0.2) is 4.79 Å². The number of allylic oxidation sites excluding steroid dienone is 2. The van der Waals surface area contributed by atoms with Crippen molar-refractivity contribution in [2.75, 3.05) is 59.3 Å². The fraction of sp³-hybridized carbons (Fsp3) is 0.667. The van der Waals surface area contributed by atoms with Crippen molar-refractivity contribution < 1.29 is 38.1 Å². The van der Waals surface area contributed by atoms with Gasteiger partial charge < -0.3 is 29.6 Å². The summed E-state index contributed by atoms with van der Waals surface area (Å²) in [6, 6.07) is 0. The smallest absolute Gasteiger partial charge is 0.407 e. The van der Waals surface area contributed by atoms with E-state index in [1.807, 2.05) is 0 Å². The van der Waals surface area contributed by atoms with E-state index in [1.165, 1.54) is 12.2 Å². The number of hydrogen-bond acceptors (Lipinski definition) is 8. The van der Waals surface area contributed by atoms with Crippen LogP contribution in [0.25, 0.3) is 0 Å². The molecule has 196 valence electrons. The predicted octanol–water partition coefficient (Wildman–Crippen LogP) is 1.08. The van der Waals surface area contributed by atoms with Crippen LogP contribution in [0.3, 0.4) is 0 Å². The third-order valence-electron chi connectivity index (χ3n) is 5.28. The number of alkyl carbamates (subject to hydrolysis) is 1. The maximum absolute atomic E-state index is 11.8. The molecule has 11 nitrogen and oxygen atoms in total. The molecule has 1 atom stereocenters. The van der Waals surface area contributed by atoms with Gasteiger partial charge in [-0.1, -0.05) is 12.2 Å². The lowest BCUT2D eigenvalue weighted by Crippen LogP contribution is -2.35. The first-order valence-electron chi connectivity index (χ1n) is 12.2. The average molecular weight is 496 g/mol. The van der Waals surface area contributed by atoms with Crippen LogP contribution in [0.5, 0.6) is 0 Å². The van der Waals surface area contributed by atoms with Crippen LogP contribution < -0.4 is 10.6 Å². The monoisotopic (exact) mass is 495 g/mol. The lowest BCUT2D eigenvalue weighted by Gasteiger charge is -2.18. The summed E-state index contributed by atoms with van der Waals surface area (Å²) < 4.78 is 21.6. The summed E-state index contributed by atoms with van der Waals surface area (Å²) >= 11 is 0. The molecule has 0 radical (unpaired) electrons. The first-order valence-corrected chi connectivity index (χ1v) is 12.2. The maximum atomic E-state index is 11.8. The van der Waals surface area contributed by atoms with Crippen LogP contribution in [0.4, 0.5) is 4.79 Å². The van der Waals surface area contributed by atoms with Gasteiger partial charge in [-0.15, -0.1) is 0 Å². The van der Waals surface area contributed by atoms with Crippen LogP contribution in [-0.2, 0) is 33.3 Å². The number of imide groups is 1. The molecule has 0 bridgehead atoms. The third-order valence-corrected chi connectivity index (χ3v) is 5.28. The summed E-state index contributed by atoms with van der Waals surface area (Å²) in [4.78, 5) is 47.4. The van der Waals surface area contributed by atoms with Crippen LogP contribution in [0.15, 0.2) is 24.3 Å². The van der Waals surface area contributed by atoms with Crippen molar-refractivity contribution in [2.24, 2.45) is 0 Å². The molecule has 0 spiro atoms. The quantitative estimate of drug-likeness (QED) is 0.185. The zero-order valence-corrected chi connectivity index (χ0v) is 20.2. The van der Waals surface area contributed by atoms with Gasteiger partial charge in [0.1, 0.15) is 6.10 Å². The molecule has 1 heterocycles. The normalized spacial score (nSPS) is 18.7. The molecular formula is C24H37N3O8. The van der Waals surface area contributed by atoms with E-state index in [0.29, 0.717) is 52.7 Å². The highest BCUT2D eigenvalue weighted by Crippen LogP contribution is 2.15. The Hall–Kier alpha value is -2.76. The van der Waals surface area contributed by atoms with Crippen LogP contribution in [0.1, 0.15) is 38.5 Å². The third kappa shape index (κ3) is 13.1. The van der Waals surface area contributed by atoms with Gasteiger partial charge in [0.05, 0.1) is 39.6 Å². The van der Waals surface area contributed by atoms with E-state index in [4.69, 9.17) is 18.9 Å². The number of ether oxygens (including phenoxy) is 4. The van der Waals surface area contributed by atoms with Gasteiger partial charge in [0.25, 0.3) is 11.8 Å². The van der Waals surface area contributed by atoms with Gasteiger partial charge in [-0.05, 0) is 32.1 Å². The lowest BCUT2D eigenvalue weighted by molar-refractivity contribution is -0.137. The second-order valence-electron chi connectivity index (χ2n) is 8.03. The molecule has 1 aliphatic heterocycles. The van der Waals surface area contributed by atoms with Crippen LogP contribution in [0, 0.1) is 0 Å². The van der Waals surface area contributed by atoms with E-state index >= 15 is 0 Å². The highest BCUT2D eigenvalue weighted by Gasteiger charge is 2.23. The summed E-state index contributed by atoms with van der Waals surface area (Å²) in [5, 5.41) is 5.37. The van der Waals surface area contributed by atoms with Gasteiger partial charge in [0.2, 0.25) is 5.91 Å². The van der Waals surface area contributed by atoms with Gasteiger partial charge in [0, 0.05) is 38.2 Å². The Balaban J connectivity index is 1.31. The highest BCUT2D eigenvalue weighted by atomic mass is 16.6. The van der Waals surface area contributed by atoms with Crippen molar-refractivity contribution in [3.63, 3.8) is 0 Å². The summed E-state index contributed by atoms with van der Waals surface area (Å²) in [5.74, 6) is -1.05. The highest BCUT2D eigenvalue weighted by molar-refractivity contribution is 6.13. The van der Waals surface area contributed by atoms with Crippen LogP contribution in [-0.4, -0.2) is 94.1 Å². The summed E-state index contributed by atoms with van der Waals surface area (Å²) in [6.45, 7) is 3.05. The first-order chi connectivity index (χ1) is 17.1. The Morgan fingerprint density at radius 1 is 0.829 bits per heavy atom. The molecule has 2 N–H and O–H groups in total. The predicted molar refractivity (Wildman–Crippen MR) is 126 cm³/mol. The van der Waals surface area contributed by atoms with Crippen LogP contribution >= 0.6 is 0 Å². The molecule has 0 fully saturated rings.